The molecule has 0 bridgehead atoms. The third kappa shape index (κ3) is 3.81. The number of hydrogen-bond acceptors (Lipinski definition) is 4. The third-order valence-corrected chi connectivity index (χ3v) is 3.17. The minimum Gasteiger partial charge on any atom is -0.300 e. The molecule has 2 rings (SSSR count). The highest BCUT2D eigenvalue weighted by atomic mass is 15.3. The number of nitriles is 1. The van der Waals surface area contributed by atoms with Crippen molar-refractivity contribution in [3.05, 3.63) is 30.1 Å². The van der Waals surface area contributed by atoms with Crippen molar-refractivity contribution in [3.63, 3.8) is 0 Å². The summed E-state index contributed by atoms with van der Waals surface area (Å²) in [7, 11) is 0. The molecule has 1 saturated heterocycles. The molecule has 0 aromatic carbocycles. The van der Waals surface area contributed by atoms with E-state index in [2.05, 4.69) is 26.9 Å². The Morgan fingerprint density at radius 2 is 1.94 bits per heavy atom. The smallest absolute Gasteiger partial charge is 0.0866 e. The van der Waals surface area contributed by atoms with Crippen LogP contribution in [-0.4, -0.2) is 54.1 Å². The van der Waals surface area contributed by atoms with Gasteiger partial charge in [-0.2, -0.15) is 5.26 Å². The van der Waals surface area contributed by atoms with Crippen molar-refractivity contribution in [2.24, 2.45) is 0 Å². The zero-order chi connectivity index (χ0) is 11.9. The maximum absolute atomic E-state index is 8.62. The summed E-state index contributed by atoms with van der Waals surface area (Å²) in [6, 6.07) is 8.27. The lowest BCUT2D eigenvalue weighted by Gasteiger charge is -2.33. The Kier molecular flexibility index (Phi) is 4.48. The molecule has 4 nitrogen and oxygen atoms in total. The molecule has 0 atom stereocenters. The summed E-state index contributed by atoms with van der Waals surface area (Å²) >= 11 is 0. The SMILES string of the molecule is N#CCN1CCN(CCc2ccccn2)CC1. The highest BCUT2D eigenvalue weighted by Gasteiger charge is 2.15. The van der Waals surface area contributed by atoms with Gasteiger partial charge in [-0.15, -0.1) is 0 Å². The van der Waals surface area contributed by atoms with Gasteiger partial charge in [0, 0.05) is 51.0 Å². The molecule has 90 valence electrons. The van der Waals surface area contributed by atoms with Crippen LogP contribution in [-0.2, 0) is 6.42 Å². The topological polar surface area (TPSA) is 43.2 Å². The molecule has 2 heterocycles. The van der Waals surface area contributed by atoms with Crippen molar-refractivity contribution in [2.75, 3.05) is 39.3 Å². The summed E-state index contributed by atoms with van der Waals surface area (Å²) in [6.07, 6.45) is 2.86. The molecular formula is C13H18N4. The molecule has 0 aliphatic carbocycles. The molecule has 0 spiro atoms. The average molecular weight is 230 g/mol. The van der Waals surface area contributed by atoms with Crippen molar-refractivity contribution >= 4 is 0 Å². The van der Waals surface area contributed by atoms with E-state index in [0.29, 0.717) is 6.54 Å². The minimum absolute atomic E-state index is 0.564. The Balaban J connectivity index is 1.70. The second-order valence-electron chi connectivity index (χ2n) is 4.35. The normalized spacial score (nSPS) is 17.8. The lowest BCUT2D eigenvalue weighted by Crippen LogP contribution is -2.46. The van der Waals surface area contributed by atoms with Gasteiger partial charge in [0.25, 0.3) is 0 Å². The zero-order valence-corrected chi connectivity index (χ0v) is 10.0. The second-order valence-corrected chi connectivity index (χ2v) is 4.35. The van der Waals surface area contributed by atoms with Gasteiger partial charge in [0.15, 0.2) is 0 Å². The standard InChI is InChI=1S/C13H18N4/c14-5-8-17-11-9-16(10-12-17)7-4-13-3-1-2-6-15-13/h1-3,6H,4,7-12H2. The van der Waals surface area contributed by atoms with E-state index in [1.807, 2.05) is 18.3 Å². The van der Waals surface area contributed by atoms with E-state index < -0.39 is 0 Å². The zero-order valence-electron chi connectivity index (χ0n) is 10.0. The first-order chi connectivity index (χ1) is 8.38. The highest BCUT2D eigenvalue weighted by Crippen LogP contribution is 2.03. The van der Waals surface area contributed by atoms with Crippen LogP contribution >= 0.6 is 0 Å². The van der Waals surface area contributed by atoms with Crippen LogP contribution in [0.1, 0.15) is 5.69 Å². The van der Waals surface area contributed by atoms with Crippen LogP contribution in [0.5, 0.6) is 0 Å². The van der Waals surface area contributed by atoms with Gasteiger partial charge in [-0.25, -0.2) is 0 Å². The Morgan fingerprint density at radius 3 is 2.59 bits per heavy atom. The van der Waals surface area contributed by atoms with Gasteiger partial charge in [-0.3, -0.25) is 9.88 Å². The minimum atomic E-state index is 0.564. The van der Waals surface area contributed by atoms with Crippen LogP contribution < -0.4 is 0 Å². The van der Waals surface area contributed by atoms with Crippen LogP contribution in [0.15, 0.2) is 24.4 Å². The predicted octanol–water partition coefficient (Wildman–Crippen LogP) is 0.765. The maximum Gasteiger partial charge on any atom is 0.0866 e. The average Bonchev–Trinajstić information content (AvgIpc) is 2.40. The fourth-order valence-electron chi connectivity index (χ4n) is 2.09. The first-order valence-electron chi connectivity index (χ1n) is 6.10. The van der Waals surface area contributed by atoms with Crippen LogP contribution in [0.3, 0.4) is 0 Å². The number of hydrogen-bond donors (Lipinski definition) is 0. The van der Waals surface area contributed by atoms with Gasteiger partial charge in [-0.05, 0) is 12.1 Å². The fraction of sp³-hybridized carbons (Fsp3) is 0.538. The molecule has 0 radical (unpaired) electrons. The number of rotatable bonds is 4. The van der Waals surface area contributed by atoms with Crippen LogP contribution in [0.25, 0.3) is 0 Å². The van der Waals surface area contributed by atoms with Gasteiger partial charge in [0.05, 0.1) is 12.6 Å². The summed E-state index contributed by atoms with van der Waals surface area (Å²) in [5.74, 6) is 0. The molecule has 0 unspecified atom stereocenters. The predicted molar refractivity (Wildman–Crippen MR) is 66.4 cm³/mol. The number of pyridine rings is 1. The van der Waals surface area contributed by atoms with Gasteiger partial charge in [0.2, 0.25) is 0 Å². The summed E-state index contributed by atoms with van der Waals surface area (Å²) in [4.78, 5) is 8.98. The van der Waals surface area contributed by atoms with Crippen LogP contribution in [0.2, 0.25) is 0 Å². The summed E-state index contributed by atoms with van der Waals surface area (Å²) in [5, 5.41) is 8.62. The van der Waals surface area contributed by atoms with Crippen molar-refractivity contribution < 1.29 is 0 Å². The lowest BCUT2D eigenvalue weighted by atomic mass is 10.2. The number of aromatic nitrogens is 1. The summed E-state index contributed by atoms with van der Waals surface area (Å²) in [6.45, 7) is 5.78. The molecule has 0 N–H and O–H groups in total. The van der Waals surface area contributed by atoms with Gasteiger partial charge in [0.1, 0.15) is 0 Å². The molecule has 1 aliphatic rings. The Labute approximate surface area is 102 Å². The Morgan fingerprint density at radius 1 is 1.18 bits per heavy atom. The fourth-order valence-corrected chi connectivity index (χ4v) is 2.09. The lowest BCUT2D eigenvalue weighted by molar-refractivity contribution is 0.145. The third-order valence-electron chi connectivity index (χ3n) is 3.17. The van der Waals surface area contributed by atoms with E-state index in [4.69, 9.17) is 5.26 Å². The Hall–Kier alpha value is -1.44. The van der Waals surface area contributed by atoms with Crippen molar-refractivity contribution in [2.45, 2.75) is 6.42 Å². The van der Waals surface area contributed by atoms with E-state index in [0.717, 1.165) is 44.8 Å². The van der Waals surface area contributed by atoms with Gasteiger partial charge in [-0.1, -0.05) is 6.07 Å². The molecular weight excluding hydrogens is 212 g/mol. The largest absolute Gasteiger partial charge is 0.300 e. The molecule has 17 heavy (non-hydrogen) atoms. The maximum atomic E-state index is 8.62. The highest BCUT2D eigenvalue weighted by molar-refractivity contribution is 5.03. The summed E-state index contributed by atoms with van der Waals surface area (Å²) < 4.78 is 0. The van der Waals surface area contributed by atoms with Crippen molar-refractivity contribution in [1.29, 1.82) is 5.26 Å². The molecule has 0 saturated carbocycles. The van der Waals surface area contributed by atoms with E-state index >= 15 is 0 Å². The first kappa shape index (κ1) is 12.0. The number of piperazine rings is 1. The monoisotopic (exact) mass is 230 g/mol. The molecule has 1 fully saturated rings. The molecule has 1 aromatic heterocycles. The first-order valence-corrected chi connectivity index (χ1v) is 6.10. The second kappa shape index (κ2) is 6.33. The van der Waals surface area contributed by atoms with Crippen molar-refractivity contribution in [1.82, 2.24) is 14.8 Å². The van der Waals surface area contributed by atoms with E-state index in [9.17, 15) is 0 Å². The Bertz CT molecular complexity index is 363. The van der Waals surface area contributed by atoms with E-state index in [1.165, 1.54) is 0 Å². The van der Waals surface area contributed by atoms with Gasteiger partial charge < -0.3 is 4.90 Å². The quantitative estimate of drug-likeness (QED) is 0.716. The van der Waals surface area contributed by atoms with Gasteiger partial charge >= 0.3 is 0 Å². The molecule has 0 amide bonds. The molecule has 1 aliphatic heterocycles. The molecule has 1 aromatic rings. The van der Waals surface area contributed by atoms with Crippen molar-refractivity contribution in [3.8, 4) is 6.07 Å². The van der Waals surface area contributed by atoms with E-state index in [1.54, 1.807) is 0 Å². The van der Waals surface area contributed by atoms with E-state index in [-0.39, 0.29) is 0 Å². The molecule has 4 heteroatoms. The number of nitrogens with zero attached hydrogens (tertiary/aromatic N) is 4. The summed E-state index contributed by atoms with van der Waals surface area (Å²) in [5.41, 5.74) is 1.16. The van der Waals surface area contributed by atoms with Crippen LogP contribution in [0.4, 0.5) is 0 Å². The van der Waals surface area contributed by atoms with Crippen LogP contribution in [0, 0.1) is 11.3 Å².